The van der Waals surface area contributed by atoms with Crippen LogP contribution in [0.5, 0.6) is 5.75 Å². The van der Waals surface area contributed by atoms with Crippen LogP contribution in [0, 0.1) is 5.82 Å². The molecule has 1 saturated heterocycles. The number of aromatic nitrogens is 2. The molecule has 0 amide bonds. The van der Waals surface area contributed by atoms with E-state index < -0.39 is 0 Å². The van der Waals surface area contributed by atoms with E-state index in [0.29, 0.717) is 24.0 Å². The molecule has 0 radical (unpaired) electrons. The first-order chi connectivity index (χ1) is 14.7. The molecule has 5 nitrogen and oxygen atoms in total. The predicted octanol–water partition coefficient (Wildman–Crippen LogP) is 5.11. The highest BCUT2D eigenvalue weighted by Crippen LogP contribution is 2.32. The minimum Gasteiger partial charge on any atom is -0.508 e. The molecule has 0 spiro atoms. The number of phenolic OH excluding ortho intramolecular Hbond substituents is 1. The second-order valence-electron chi connectivity index (χ2n) is 7.82. The number of nitrogens with zero attached hydrogens (tertiary/aromatic N) is 3. The number of rotatable bonds is 4. The van der Waals surface area contributed by atoms with Crippen LogP contribution in [-0.2, 0) is 6.54 Å². The van der Waals surface area contributed by atoms with Gasteiger partial charge in [-0.1, -0.05) is 35.5 Å². The third-order valence-electron chi connectivity index (χ3n) is 5.80. The van der Waals surface area contributed by atoms with Crippen molar-refractivity contribution < 1.29 is 14.0 Å². The first-order valence-corrected chi connectivity index (χ1v) is 10.2. The van der Waals surface area contributed by atoms with Crippen LogP contribution in [0.15, 0.2) is 65.2 Å². The molecule has 5 rings (SSSR count). The second kappa shape index (κ2) is 7.88. The molecule has 6 heteroatoms. The Morgan fingerprint density at radius 3 is 2.77 bits per heavy atom. The van der Waals surface area contributed by atoms with Gasteiger partial charge in [0.2, 0.25) is 11.7 Å². The number of hydrogen-bond acceptors (Lipinski definition) is 5. The van der Waals surface area contributed by atoms with Crippen LogP contribution in [0.25, 0.3) is 22.2 Å². The Morgan fingerprint density at radius 2 is 1.90 bits per heavy atom. The van der Waals surface area contributed by atoms with Crippen LogP contribution in [0.4, 0.5) is 4.39 Å². The quantitative estimate of drug-likeness (QED) is 0.513. The maximum atomic E-state index is 13.2. The van der Waals surface area contributed by atoms with Crippen LogP contribution in [0.1, 0.15) is 30.2 Å². The molecule has 0 aliphatic carbocycles. The lowest BCUT2D eigenvalue weighted by Crippen LogP contribution is -2.34. The van der Waals surface area contributed by atoms with Gasteiger partial charge in [-0.25, -0.2) is 4.39 Å². The van der Waals surface area contributed by atoms with E-state index in [0.717, 1.165) is 47.8 Å². The van der Waals surface area contributed by atoms with Gasteiger partial charge in [-0.15, -0.1) is 0 Å². The predicted molar refractivity (Wildman–Crippen MR) is 113 cm³/mol. The first-order valence-electron chi connectivity index (χ1n) is 10.2. The van der Waals surface area contributed by atoms with E-state index in [1.165, 1.54) is 12.1 Å². The van der Waals surface area contributed by atoms with Gasteiger partial charge >= 0.3 is 0 Å². The zero-order valence-corrected chi connectivity index (χ0v) is 16.5. The van der Waals surface area contributed by atoms with E-state index in [9.17, 15) is 9.50 Å². The monoisotopic (exact) mass is 403 g/mol. The fourth-order valence-electron chi connectivity index (χ4n) is 4.23. The van der Waals surface area contributed by atoms with Crippen molar-refractivity contribution in [1.82, 2.24) is 15.0 Å². The Balaban J connectivity index is 1.35. The molecular weight excluding hydrogens is 381 g/mol. The summed E-state index contributed by atoms with van der Waals surface area (Å²) in [4.78, 5) is 6.90. The summed E-state index contributed by atoms with van der Waals surface area (Å²) in [5.74, 6) is 1.27. The van der Waals surface area contributed by atoms with Crippen molar-refractivity contribution in [1.29, 1.82) is 0 Å². The van der Waals surface area contributed by atoms with Crippen LogP contribution in [0.2, 0.25) is 0 Å². The first kappa shape index (κ1) is 18.8. The molecule has 0 bridgehead atoms. The van der Waals surface area contributed by atoms with Gasteiger partial charge in [0.15, 0.2) is 0 Å². The zero-order valence-electron chi connectivity index (χ0n) is 16.5. The molecule has 3 aromatic carbocycles. The summed E-state index contributed by atoms with van der Waals surface area (Å²) in [7, 11) is 0. The molecule has 1 atom stereocenters. The average molecular weight is 403 g/mol. The third kappa shape index (κ3) is 3.66. The molecule has 1 aliphatic rings. The maximum absolute atomic E-state index is 13.2. The van der Waals surface area contributed by atoms with Crippen molar-refractivity contribution in [3.8, 4) is 17.1 Å². The van der Waals surface area contributed by atoms with Crippen molar-refractivity contribution >= 4 is 10.8 Å². The number of benzene rings is 3. The minimum atomic E-state index is -0.290. The summed E-state index contributed by atoms with van der Waals surface area (Å²) in [6.07, 6.45) is 1.99. The number of hydrogen-bond donors (Lipinski definition) is 1. The average Bonchev–Trinajstić information content (AvgIpc) is 3.27. The SMILES string of the molecule is Oc1ccc2ccccc2c1CN1CCCC(c2nc(-c3ccc(F)cc3)no2)C1. The summed E-state index contributed by atoms with van der Waals surface area (Å²) in [6.45, 7) is 2.41. The molecule has 1 fully saturated rings. The molecule has 152 valence electrons. The Kier molecular flexibility index (Phi) is 4.93. The van der Waals surface area contributed by atoms with Crippen LogP contribution in [0.3, 0.4) is 0 Å². The molecule has 1 N–H and O–H groups in total. The highest BCUT2D eigenvalue weighted by Gasteiger charge is 2.27. The third-order valence-corrected chi connectivity index (χ3v) is 5.80. The van der Waals surface area contributed by atoms with Crippen molar-refractivity contribution in [3.05, 3.63) is 77.9 Å². The van der Waals surface area contributed by atoms with E-state index in [-0.39, 0.29) is 11.7 Å². The lowest BCUT2D eigenvalue weighted by molar-refractivity contribution is 0.179. The number of piperidine rings is 1. The molecular formula is C24H22FN3O2. The van der Waals surface area contributed by atoms with E-state index in [1.54, 1.807) is 18.2 Å². The molecule has 2 heterocycles. The molecule has 1 unspecified atom stereocenters. The van der Waals surface area contributed by atoms with E-state index in [1.807, 2.05) is 18.2 Å². The number of halogens is 1. The van der Waals surface area contributed by atoms with Gasteiger partial charge in [0.1, 0.15) is 11.6 Å². The Morgan fingerprint density at radius 1 is 1.07 bits per heavy atom. The highest BCUT2D eigenvalue weighted by atomic mass is 19.1. The lowest BCUT2D eigenvalue weighted by Gasteiger charge is -2.31. The van der Waals surface area contributed by atoms with Gasteiger partial charge in [-0.05, 0) is 60.5 Å². The van der Waals surface area contributed by atoms with Gasteiger partial charge in [-0.3, -0.25) is 4.90 Å². The van der Waals surface area contributed by atoms with Gasteiger partial charge in [0.25, 0.3) is 0 Å². The van der Waals surface area contributed by atoms with Crippen molar-refractivity contribution in [2.45, 2.75) is 25.3 Å². The lowest BCUT2D eigenvalue weighted by atomic mass is 9.96. The van der Waals surface area contributed by atoms with Crippen molar-refractivity contribution in [2.75, 3.05) is 13.1 Å². The minimum absolute atomic E-state index is 0.137. The molecule has 0 saturated carbocycles. The fraction of sp³-hybridized carbons (Fsp3) is 0.250. The smallest absolute Gasteiger partial charge is 0.231 e. The van der Waals surface area contributed by atoms with Crippen LogP contribution in [-0.4, -0.2) is 33.2 Å². The van der Waals surface area contributed by atoms with E-state index >= 15 is 0 Å². The summed E-state index contributed by atoms with van der Waals surface area (Å²) < 4.78 is 18.7. The maximum Gasteiger partial charge on any atom is 0.231 e. The Bertz CT molecular complexity index is 1170. The molecule has 1 aromatic heterocycles. The number of aromatic hydroxyl groups is 1. The van der Waals surface area contributed by atoms with E-state index in [2.05, 4.69) is 27.2 Å². The highest BCUT2D eigenvalue weighted by molar-refractivity contribution is 5.87. The summed E-state index contributed by atoms with van der Waals surface area (Å²) in [5, 5.41) is 16.8. The normalized spacial score (nSPS) is 17.4. The molecule has 30 heavy (non-hydrogen) atoms. The summed E-state index contributed by atoms with van der Waals surface area (Å²) in [5.41, 5.74) is 1.69. The van der Waals surface area contributed by atoms with Gasteiger partial charge in [-0.2, -0.15) is 4.98 Å². The van der Waals surface area contributed by atoms with Crippen LogP contribution >= 0.6 is 0 Å². The standard InChI is InChI=1S/C24H22FN3O2/c25-19-10-7-17(8-11-19)23-26-24(30-27-23)18-5-3-13-28(14-18)15-21-20-6-2-1-4-16(20)9-12-22(21)29/h1-2,4,6-12,18,29H,3,5,13-15H2. The topological polar surface area (TPSA) is 62.4 Å². The molecule has 1 aliphatic heterocycles. The summed E-state index contributed by atoms with van der Waals surface area (Å²) in [6, 6.07) is 17.9. The zero-order chi connectivity index (χ0) is 20.5. The molecule has 4 aromatic rings. The fourth-order valence-corrected chi connectivity index (χ4v) is 4.23. The van der Waals surface area contributed by atoms with Crippen molar-refractivity contribution in [3.63, 3.8) is 0 Å². The van der Waals surface area contributed by atoms with Crippen molar-refractivity contribution in [2.24, 2.45) is 0 Å². The van der Waals surface area contributed by atoms with Gasteiger partial charge in [0.05, 0.1) is 5.92 Å². The van der Waals surface area contributed by atoms with Gasteiger partial charge < -0.3 is 9.63 Å². The second-order valence-corrected chi connectivity index (χ2v) is 7.82. The Hall–Kier alpha value is -3.25. The Labute approximate surface area is 173 Å². The number of fused-ring (bicyclic) bond motifs is 1. The van der Waals surface area contributed by atoms with E-state index in [4.69, 9.17) is 4.52 Å². The number of phenols is 1. The number of likely N-dealkylation sites (tertiary alicyclic amines) is 1. The van der Waals surface area contributed by atoms with Crippen LogP contribution < -0.4 is 0 Å². The van der Waals surface area contributed by atoms with Gasteiger partial charge in [0, 0.05) is 24.2 Å². The summed E-state index contributed by atoms with van der Waals surface area (Å²) >= 11 is 0. The largest absolute Gasteiger partial charge is 0.508 e.